The van der Waals surface area contributed by atoms with Gasteiger partial charge < -0.3 is 5.73 Å². The molecule has 2 aromatic rings. The van der Waals surface area contributed by atoms with Crippen LogP contribution in [0.1, 0.15) is 33.6 Å². The zero-order valence-electron chi connectivity index (χ0n) is 11.4. The molecule has 0 spiro atoms. The highest BCUT2D eigenvalue weighted by Crippen LogP contribution is 2.34. The minimum absolute atomic E-state index is 0.181. The minimum atomic E-state index is -0.181. The van der Waals surface area contributed by atoms with Gasteiger partial charge in [0.2, 0.25) is 0 Å². The minimum Gasteiger partial charge on any atom is -0.398 e. The van der Waals surface area contributed by atoms with Crippen LogP contribution < -0.4 is 5.73 Å². The third-order valence-electron chi connectivity index (χ3n) is 3.17. The van der Waals surface area contributed by atoms with Gasteiger partial charge in [0.15, 0.2) is 5.82 Å². The number of nitrogens with zero attached hydrogens (tertiary/aromatic N) is 4. The fourth-order valence-corrected chi connectivity index (χ4v) is 2.51. The summed E-state index contributed by atoms with van der Waals surface area (Å²) < 4.78 is 1.80. The lowest BCUT2D eigenvalue weighted by Crippen LogP contribution is -2.28. The number of hydrogen-bond acceptors (Lipinski definition) is 4. The second kappa shape index (κ2) is 5.17. The fraction of sp³-hybridized carbons (Fsp3) is 0.462. The van der Waals surface area contributed by atoms with Gasteiger partial charge in [-0.15, -0.1) is 5.10 Å². The zero-order valence-corrected chi connectivity index (χ0v) is 12.1. The van der Waals surface area contributed by atoms with Crippen LogP contribution in [0.2, 0.25) is 5.02 Å². The van der Waals surface area contributed by atoms with Gasteiger partial charge in [-0.25, -0.2) is 4.68 Å². The van der Waals surface area contributed by atoms with E-state index >= 15 is 0 Å². The molecule has 0 aliphatic carbocycles. The second-order valence-corrected chi connectivity index (χ2v) is 5.59. The fourth-order valence-electron chi connectivity index (χ4n) is 2.25. The number of aromatic nitrogens is 4. The molecule has 0 fully saturated rings. The van der Waals surface area contributed by atoms with Gasteiger partial charge >= 0.3 is 0 Å². The molecule has 2 N–H and O–H groups in total. The van der Waals surface area contributed by atoms with E-state index in [1.54, 1.807) is 16.8 Å². The molecule has 102 valence electrons. The average molecular weight is 280 g/mol. The molecule has 1 heterocycles. The van der Waals surface area contributed by atoms with E-state index in [1.807, 2.05) is 6.07 Å². The molecule has 0 bridgehead atoms. The number of tetrazole rings is 1. The molecule has 6 heteroatoms. The Morgan fingerprint density at radius 1 is 1.37 bits per heavy atom. The topological polar surface area (TPSA) is 69.6 Å². The zero-order chi connectivity index (χ0) is 14.0. The molecule has 0 amide bonds. The highest BCUT2D eigenvalue weighted by molar-refractivity contribution is 6.33. The van der Waals surface area contributed by atoms with Crippen molar-refractivity contribution < 1.29 is 0 Å². The maximum absolute atomic E-state index is 6.23. The van der Waals surface area contributed by atoms with Crippen molar-refractivity contribution in [1.29, 1.82) is 0 Å². The number of benzene rings is 1. The molecule has 1 aromatic carbocycles. The van der Waals surface area contributed by atoms with Gasteiger partial charge in [0.1, 0.15) is 0 Å². The van der Waals surface area contributed by atoms with E-state index in [4.69, 9.17) is 17.3 Å². The lowest BCUT2D eigenvalue weighted by molar-refractivity contribution is 0.290. The molecule has 0 atom stereocenters. The van der Waals surface area contributed by atoms with Gasteiger partial charge in [-0.3, -0.25) is 0 Å². The smallest absolute Gasteiger partial charge is 0.186 e. The Labute approximate surface area is 117 Å². The van der Waals surface area contributed by atoms with Crippen LogP contribution >= 0.6 is 11.6 Å². The number of nitrogen functional groups attached to an aromatic ring is 1. The number of rotatable bonds is 4. The highest BCUT2D eigenvalue weighted by Gasteiger charge is 2.26. The van der Waals surface area contributed by atoms with Gasteiger partial charge in [0.25, 0.3) is 0 Å². The summed E-state index contributed by atoms with van der Waals surface area (Å²) in [6.07, 6.45) is 2.01. The van der Waals surface area contributed by atoms with Crippen molar-refractivity contribution in [3.8, 4) is 11.4 Å². The molecular formula is C13H18ClN5. The first kappa shape index (κ1) is 13.8. The third-order valence-corrected chi connectivity index (χ3v) is 3.49. The normalized spacial score (nSPS) is 11.8. The Balaban J connectivity index is 2.57. The van der Waals surface area contributed by atoms with Crippen LogP contribution in [0.25, 0.3) is 11.4 Å². The largest absolute Gasteiger partial charge is 0.398 e. The lowest BCUT2D eigenvalue weighted by Gasteiger charge is -2.25. The predicted octanol–water partition coefficient (Wildman–Crippen LogP) is 3.11. The Kier molecular flexibility index (Phi) is 3.75. The van der Waals surface area contributed by atoms with Crippen molar-refractivity contribution in [1.82, 2.24) is 20.2 Å². The van der Waals surface area contributed by atoms with E-state index in [0.29, 0.717) is 22.1 Å². The van der Waals surface area contributed by atoms with Crippen LogP contribution in [-0.4, -0.2) is 20.2 Å². The number of nitrogens with two attached hydrogens (primary N) is 1. The number of anilines is 1. The first-order chi connectivity index (χ1) is 8.97. The van der Waals surface area contributed by atoms with Crippen molar-refractivity contribution >= 4 is 17.3 Å². The van der Waals surface area contributed by atoms with Gasteiger partial charge in [-0.05, 0) is 42.8 Å². The summed E-state index contributed by atoms with van der Waals surface area (Å²) in [5.41, 5.74) is 7.10. The highest BCUT2D eigenvalue weighted by atomic mass is 35.5. The van der Waals surface area contributed by atoms with Crippen molar-refractivity contribution in [2.45, 2.75) is 39.2 Å². The maximum atomic E-state index is 6.23. The summed E-state index contributed by atoms with van der Waals surface area (Å²) in [5, 5.41) is 12.5. The monoisotopic (exact) mass is 279 g/mol. The van der Waals surface area contributed by atoms with Gasteiger partial charge in [0, 0.05) is 5.69 Å². The third kappa shape index (κ3) is 2.56. The van der Waals surface area contributed by atoms with E-state index < -0.39 is 0 Å². The van der Waals surface area contributed by atoms with Crippen LogP contribution in [-0.2, 0) is 5.54 Å². The molecule has 2 rings (SSSR count). The van der Waals surface area contributed by atoms with Crippen LogP contribution in [0.15, 0.2) is 18.2 Å². The van der Waals surface area contributed by atoms with E-state index in [-0.39, 0.29) is 5.54 Å². The Bertz CT molecular complexity index is 556. The molecule has 0 aliphatic heterocycles. The molecule has 0 radical (unpaired) electrons. The molecule has 0 unspecified atom stereocenters. The van der Waals surface area contributed by atoms with E-state index in [2.05, 4.69) is 36.3 Å². The molecule has 0 saturated heterocycles. The number of hydrogen-bond donors (Lipinski definition) is 1. The molecule has 19 heavy (non-hydrogen) atoms. The van der Waals surface area contributed by atoms with Crippen molar-refractivity contribution in [3.05, 3.63) is 23.2 Å². The SMILES string of the molecule is CCCC(C)(C)n1nnnc1-c1c(N)cccc1Cl. The Morgan fingerprint density at radius 2 is 2.11 bits per heavy atom. The van der Waals surface area contributed by atoms with Gasteiger partial charge in [-0.1, -0.05) is 31.0 Å². The summed E-state index contributed by atoms with van der Waals surface area (Å²) >= 11 is 6.23. The van der Waals surface area contributed by atoms with Gasteiger partial charge in [0.05, 0.1) is 16.1 Å². The lowest BCUT2D eigenvalue weighted by atomic mass is 9.98. The Morgan fingerprint density at radius 3 is 2.74 bits per heavy atom. The average Bonchev–Trinajstić information content (AvgIpc) is 2.78. The van der Waals surface area contributed by atoms with Crippen molar-refractivity contribution in [2.24, 2.45) is 0 Å². The quantitative estimate of drug-likeness (QED) is 0.873. The van der Waals surface area contributed by atoms with Crippen LogP contribution in [0.5, 0.6) is 0 Å². The summed E-state index contributed by atoms with van der Waals surface area (Å²) in [7, 11) is 0. The molecule has 0 aliphatic rings. The van der Waals surface area contributed by atoms with Crippen LogP contribution in [0, 0.1) is 0 Å². The molecular weight excluding hydrogens is 262 g/mol. The molecule has 0 saturated carbocycles. The summed E-state index contributed by atoms with van der Waals surface area (Å²) in [6, 6.07) is 5.40. The first-order valence-corrected chi connectivity index (χ1v) is 6.68. The van der Waals surface area contributed by atoms with Crippen molar-refractivity contribution in [2.75, 3.05) is 5.73 Å². The van der Waals surface area contributed by atoms with Crippen LogP contribution in [0.4, 0.5) is 5.69 Å². The van der Waals surface area contributed by atoms with Gasteiger partial charge in [-0.2, -0.15) is 0 Å². The number of halogens is 1. The second-order valence-electron chi connectivity index (χ2n) is 5.18. The van der Waals surface area contributed by atoms with E-state index in [1.165, 1.54) is 0 Å². The summed E-state index contributed by atoms with van der Waals surface area (Å²) in [5.74, 6) is 0.613. The summed E-state index contributed by atoms with van der Waals surface area (Å²) in [4.78, 5) is 0. The predicted molar refractivity (Wildman–Crippen MR) is 76.9 cm³/mol. The van der Waals surface area contributed by atoms with Crippen molar-refractivity contribution in [3.63, 3.8) is 0 Å². The summed E-state index contributed by atoms with van der Waals surface area (Å²) in [6.45, 7) is 6.34. The standard InChI is InChI=1S/C13H18ClN5/c1-4-8-13(2,3)19-12(16-17-18-19)11-9(14)6-5-7-10(11)15/h5-7H,4,8,15H2,1-3H3. The van der Waals surface area contributed by atoms with E-state index in [9.17, 15) is 0 Å². The molecule has 5 nitrogen and oxygen atoms in total. The van der Waals surface area contributed by atoms with Crippen LogP contribution in [0.3, 0.4) is 0 Å². The van der Waals surface area contributed by atoms with E-state index in [0.717, 1.165) is 12.8 Å². The maximum Gasteiger partial charge on any atom is 0.186 e. The molecule has 1 aromatic heterocycles. The Hall–Kier alpha value is -1.62. The first-order valence-electron chi connectivity index (χ1n) is 6.30.